The van der Waals surface area contributed by atoms with Gasteiger partial charge in [-0.05, 0) is 25.5 Å². The smallest absolute Gasteiger partial charge is 0.419 e. The van der Waals surface area contributed by atoms with Gasteiger partial charge in [-0.2, -0.15) is 13.2 Å². The van der Waals surface area contributed by atoms with E-state index in [9.17, 15) is 32.7 Å². The van der Waals surface area contributed by atoms with Crippen molar-refractivity contribution in [3.63, 3.8) is 0 Å². The summed E-state index contributed by atoms with van der Waals surface area (Å²) in [6, 6.07) is 4.55. The highest BCUT2D eigenvalue weighted by atomic mass is 19.4. The lowest BCUT2D eigenvalue weighted by Gasteiger charge is -2.20. The number of carbonyl (C=O) groups excluding carboxylic acids is 1. The summed E-state index contributed by atoms with van der Waals surface area (Å²) in [5.41, 5.74) is -1.82. The van der Waals surface area contributed by atoms with E-state index in [1.807, 2.05) is 0 Å². The number of amides is 1. The number of para-hydroxylation sites is 1. The second-order valence-corrected chi connectivity index (χ2v) is 7.61. The molecule has 1 aromatic heterocycles. The molecule has 4 atom stereocenters. The van der Waals surface area contributed by atoms with Crippen molar-refractivity contribution >= 4 is 5.91 Å². The number of benzene rings is 1. The topological polar surface area (TPSA) is 123 Å². The zero-order valence-electron chi connectivity index (χ0n) is 17.9. The number of alkyl halides is 3. The van der Waals surface area contributed by atoms with Gasteiger partial charge in [-0.1, -0.05) is 19.1 Å². The van der Waals surface area contributed by atoms with Crippen molar-refractivity contribution in [3.8, 4) is 5.75 Å². The molecule has 3 rings (SSSR count). The van der Waals surface area contributed by atoms with Gasteiger partial charge < -0.3 is 19.9 Å². The third-order valence-electron chi connectivity index (χ3n) is 5.28. The maximum atomic E-state index is 13.1. The van der Waals surface area contributed by atoms with Gasteiger partial charge in [-0.15, -0.1) is 0 Å². The van der Waals surface area contributed by atoms with Gasteiger partial charge in [0.25, 0.3) is 11.5 Å². The number of aromatic amines is 1. The average Bonchev–Trinajstić information content (AvgIpc) is 3.11. The second kappa shape index (κ2) is 9.79. The van der Waals surface area contributed by atoms with Crippen LogP contribution in [-0.2, 0) is 22.1 Å². The van der Waals surface area contributed by atoms with E-state index in [1.54, 1.807) is 6.92 Å². The monoisotopic (exact) mass is 471 g/mol. The minimum Gasteiger partial charge on any atom is -0.480 e. The molecule has 1 unspecified atom stereocenters. The van der Waals surface area contributed by atoms with Crippen LogP contribution in [0.1, 0.15) is 37.6 Å². The predicted octanol–water partition coefficient (Wildman–Crippen LogP) is 1.35. The number of aromatic nitrogens is 2. The van der Waals surface area contributed by atoms with E-state index in [-0.39, 0.29) is 13.0 Å². The summed E-state index contributed by atoms with van der Waals surface area (Å²) in [7, 11) is 0. The first kappa shape index (κ1) is 24.5. The normalized spacial score (nSPS) is 21.6. The number of aryl methyl sites for hydroxylation is 1. The lowest BCUT2D eigenvalue weighted by molar-refractivity contribution is -0.140. The van der Waals surface area contributed by atoms with Crippen LogP contribution in [0.2, 0.25) is 0 Å². The summed E-state index contributed by atoms with van der Waals surface area (Å²) in [4.78, 5) is 38.4. The van der Waals surface area contributed by atoms with Gasteiger partial charge >= 0.3 is 11.9 Å². The highest BCUT2D eigenvalue weighted by molar-refractivity contribution is 5.80. The summed E-state index contributed by atoms with van der Waals surface area (Å²) < 4.78 is 51.4. The number of H-pyrrole nitrogens is 1. The van der Waals surface area contributed by atoms with E-state index in [0.717, 1.165) is 12.1 Å². The lowest BCUT2D eigenvalue weighted by Crippen LogP contribution is -2.43. The fourth-order valence-electron chi connectivity index (χ4n) is 3.45. The SMILES string of the molecule is CCc1cn([C@@H]2CC(O)[C@H](CNC(=O)[C@H](C)Oc3ccccc3C(F)(F)F)O2)c(=O)[nH]c1=O. The first-order chi connectivity index (χ1) is 15.5. The number of nitrogens with one attached hydrogen (secondary N) is 2. The van der Waals surface area contributed by atoms with Gasteiger partial charge in [-0.3, -0.25) is 19.1 Å². The van der Waals surface area contributed by atoms with Crippen LogP contribution >= 0.6 is 0 Å². The maximum absolute atomic E-state index is 13.1. The third kappa shape index (κ3) is 5.63. The van der Waals surface area contributed by atoms with E-state index in [2.05, 4.69) is 10.3 Å². The fourth-order valence-corrected chi connectivity index (χ4v) is 3.45. The molecule has 1 saturated heterocycles. The molecule has 1 aromatic carbocycles. The lowest BCUT2D eigenvalue weighted by atomic mass is 10.1. The molecule has 1 amide bonds. The molecule has 2 heterocycles. The molecule has 0 aliphatic carbocycles. The number of aliphatic hydroxyl groups is 1. The van der Waals surface area contributed by atoms with Crippen LogP contribution in [0.15, 0.2) is 40.1 Å². The Morgan fingerprint density at radius 3 is 2.73 bits per heavy atom. The van der Waals surface area contributed by atoms with Crippen LogP contribution in [-0.4, -0.2) is 45.4 Å². The van der Waals surface area contributed by atoms with Gasteiger partial charge in [0.15, 0.2) is 6.10 Å². The number of aliphatic hydroxyl groups excluding tert-OH is 1. The Morgan fingerprint density at radius 1 is 1.36 bits per heavy atom. The molecule has 33 heavy (non-hydrogen) atoms. The number of nitrogens with zero attached hydrogens (tertiary/aromatic N) is 1. The minimum atomic E-state index is -4.64. The second-order valence-electron chi connectivity index (χ2n) is 7.61. The van der Waals surface area contributed by atoms with Crippen LogP contribution in [0.25, 0.3) is 0 Å². The number of ether oxygens (including phenoxy) is 2. The van der Waals surface area contributed by atoms with Gasteiger partial charge in [0, 0.05) is 24.7 Å². The summed E-state index contributed by atoms with van der Waals surface area (Å²) in [5.74, 6) is -1.19. The molecule has 0 saturated carbocycles. The molecule has 0 bridgehead atoms. The Kier molecular flexibility index (Phi) is 7.28. The molecular formula is C21H24F3N3O6. The van der Waals surface area contributed by atoms with Crippen LogP contribution in [0.3, 0.4) is 0 Å². The molecule has 3 N–H and O–H groups in total. The van der Waals surface area contributed by atoms with Crippen molar-refractivity contribution in [2.45, 2.75) is 57.4 Å². The number of halogens is 3. The number of rotatable bonds is 7. The van der Waals surface area contributed by atoms with E-state index in [4.69, 9.17) is 9.47 Å². The molecule has 1 aliphatic rings. The summed E-state index contributed by atoms with van der Waals surface area (Å²) in [6.45, 7) is 2.88. The Bertz CT molecular complexity index is 1110. The number of carbonyl (C=O) groups is 1. The standard InChI is InChI=1S/C21H24F3N3O6/c1-3-12-10-27(20(31)26-19(12)30)17-8-14(28)16(33-17)9-25-18(29)11(2)32-15-7-5-4-6-13(15)21(22,23)24/h4-7,10-11,14,16-17,28H,3,8-9H2,1-2H3,(H,25,29)(H,26,30,31)/t11-,14?,16-,17-/m0/s1. The van der Waals surface area contributed by atoms with Gasteiger partial charge in [0.2, 0.25) is 0 Å². The van der Waals surface area contributed by atoms with E-state index in [0.29, 0.717) is 12.0 Å². The molecule has 9 nitrogen and oxygen atoms in total. The van der Waals surface area contributed by atoms with Crippen molar-refractivity contribution in [2.24, 2.45) is 0 Å². The Morgan fingerprint density at radius 2 is 2.06 bits per heavy atom. The first-order valence-corrected chi connectivity index (χ1v) is 10.3. The van der Waals surface area contributed by atoms with Crippen LogP contribution in [0.5, 0.6) is 5.75 Å². The van der Waals surface area contributed by atoms with Crippen molar-refractivity contribution in [1.29, 1.82) is 0 Å². The molecule has 0 radical (unpaired) electrons. The Labute approximate surface area is 186 Å². The zero-order chi connectivity index (χ0) is 24.3. The Hall–Kier alpha value is -3.12. The largest absolute Gasteiger partial charge is 0.480 e. The van der Waals surface area contributed by atoms with Gasteiger partial charge in [-0.25, -0.2) is 4.79 Å². The van der Waals surface area contributed by atoms with Crippen LogP contribution in [0.4, 0.5) is 13.2 Å². The van der Waals surface area contributed by atoms with Crippen molar-refractivity contribution in [2.75, 3.05) is 6.54 Å². The predicted molar refractivity (Wildman–Crippen MR) is 110 cm³/mol. The molecule has 0 spiro atoms. The number of hydrogen-bond acceptors (Lipinski definition) is 6. The van der Waals surface area contributed by atoms with Gasteiger partial charge in [0.1, 0.15) is 18.1 Å². The summed E-state index contributed by atoms with van der Waals surface area (Å²) >= 11 is 0. The number of hydrogen-bond donors (Lipinski definition) is 3. The zero-order valence-corrected chi connectivity index (χ0v) is 17.9. The van der Waals surface area contributed by atoms with Crippen LogP contribution in [0, 0.1) is 0 Å². The molecule has 12 heteroatoms. The highest BCUT2D eigenvalue weighted by Gasteiger charge is 2.37. The van der Waals surface area contributed by atoms with E-state index < -0.39 is 59.2 Å². The molecular weight excluding hydrogens is 447 g/mol. The molecule has 180 valence electrons. The van der Waals surface area contributed by atoms with E-state index >= 15 is 0 Å². The third-order valence-corrected chi connectivity index (χ3v) is 5.28. The van der Waals surface area contributed by atoms with E-state index in [1.165, 1.54) is 29.8 Å². The summed E-state index contributed by atoms with van der Waals surface area (Å²) in [6.07, 6.45) is -6.85. The van der Waals surface area contributed by atoms with Crippen LogP contribution < -0.4 is 21.3 Å². The first-order valence-electron chi connectivity index (χ1n) is 10.3. The van der Waals surface area contributed by atoms with Crippen molar-refractivity contribution < 1.29 is 32.5 Å². The molecule has 2 aromatic rings. The fraction of sp³-hybridized carbons (Fsp3) is 0.476. The Balaban J connectivity index is 1.61. The average molecular weight is 471 g/mol. The quantitative estimate of drug-likeness (QED) is 0.560. The van der Waals surface area contributed by atoms with Crippen molar-refractivity contribution in [1.82, 2.24) is 14.9 Å². The van der Waals surface area contributed by atoms with Gasteiger partial charge in [0.05, 0.1) is 11.7 Å². The molecule has 1 aliphatic heterocycles. The minimum absolute atomic E-state index is 0.0423. The summed E-state index contributed by atoms with van der Waals surface area (Å²) in [5, 5.41) is 12.8. The highest BCUT2D eigenvalue weighted by Crippen LogP contribution is 2.36. The maximum Gasteiger partial charge on any atom is 0.419 e. The van der Waals surface area contributed by atoms with Crippen molar-refractivity contribution in [3.05, 3.63) is 62.4 Å². The molecule has 1 fully saturated rings.